The highest BCUT2D eigenvalue weighted by Gasteiger charge is 2.19. The van der Waals surface area contributed by atoms with Crippen molar-refractivity contribution in [3.8, 4) is 0 Å². The predicted octanol–water partition coefficient (Wildman–Crippen LogP) is 5.25. The van der Waals surface area contributed by atoms with E-state index < -0.39 is 0 Å². The van der Waals surface area contributed by atoms with Gasteiger partial charge in [-0.1, -0.05) is 17.7 Å². The number of anilines is 2. The van der Waals surface area contributed by atoms with E-state index in [0.29, 0.717) is 16.4 Å². The van der Waals surface area contributed by atoms with Gasteiger partial charge in [-0.3, -0.25) is 4.79 Å². The van der Waals surface area contributed by atoms with Gasteiger partial charge < -0.3 is 14.6 Å². The van der Waals surface area contributed by atoms with Crippen LogP contribution < -0.4 is 10.2 Å². The molecule has 1 aliphatic heterocycles. The van der Waals surface area contributed by atoms with Crippen molar-refractivity contribution < 1.29 is 9.21 Å². The molecule has 0 radical (unpaired) electrons. The lowest BCUT2D eigenvalue weighted by molar-refractivity contribution is 0.0998. The summed E-state index contributed by atoms with van der Waals surface area (Å²) in [4.78, 5) is 15.0. The first-order valence-corrected chi connectivity index (χ1v) is 8.84. The van der Waals surface area contributed by atoms with Gasteiger partial charge in [-0.25, -0.2) is 0 Å². The van der Waals surface area contributed by atoms with Gasteiger partial charge in [0.2, 0.25) is 0 Å². The number of rotatable bonds is 3. The van der Waals surface area contributed by atoms with Gasteiger partial charge in [-0.05, 0) is 56.2 Å². The van der Waals surface area contributed by atoms with E-state index in [9.17, 15) is 4.79 Å². The quantitative estimate of drug-likeness (QED) is 0.699. The minimum atomic E-state index is -0.247. The van der Waals surface area contributed by atoms with Crippen molar-refractivity contribution in [2.45, 2.75) is 19.8 Å². The molecule has 0 aliphatic carbocycles. The normalized spacial score (nSPS) is 14.2. The van der Waals surface area contributed by atoms with E-state index in [1.165, 1.54) is 12.8 Å². The second-order valence-corrected chi connectivity index (χ2v) is 6.83. The standard InChI is InChI=1S/C20H19ClN2O2/c1-13-17-11-14(21)7-8-18(17)25-19(13)20(24)22-15-5-4-6-16(12-15)23-9-2-3-10-23/h4-8,11-12H,2-3,9-10H2,1H3,(H,22,24). The largest absolute Gasteiger partial charge is 0.451 e. The molecule has 25 heavy (non-hydrogen) atoms. The number of fused-ring (bicyclic) bond motifs is 1. The van der Waals surface area contributed by atoms with Crippen LogP contribution in [-0.2, 0) is 0 Å². The van der Waals surface area contributed by atoms with Crippen LogP contribution in [0.15, 0.2) is 46.9 Å². The third kappa shape index (κ3) is 3.10. The summed E-state index contributed by atoms with van der Waals surface area (Å²) in [5.74, 6) is 0.0761. The number of halogens is 1. The van der Waals surface area contributed by atoms with Crippen molar-refractivity contribution >= 4 is 39.9 Å². The molecule has 0 atom stereocenters. The maximum absolute atomic E-state index is 12.7. The fourth-order valence-corrected chi connectivity index (χ4v) is 3.53. The van der Waals surface area contributed by atoms with E-state index in [-0.39, 0.29) is 5.91 Å². The molecule has 2 aromatic carbocycles. The zero-order chi connectivity index (χ0) is 17.4. The summed E-state index contributed by atoms with van der Waals surface area (Å²) in [6, 6.07) is 13.3. The van der Waals surface area contributed by atoms with Crippen LogP contribution >= 0.6 is 11.6 Å². The van der Waals surface area contributed by atoms with Gasteiger partial charge in [-0.2, -0.15) is 0 Å². The maximum Gasteiger partial charge on any atom is 0.291 e. The number of benzene rings is 2. The van der Waals surface area contributed by atoms with Crippen LogP contribution in [0.5, 0.6) is 0 Å². The summed E-state index contributed by atoms with van der Waals surface area (Å²) in [6.07, 6.45) is 2.44. The van der Waals surface area contributed by atoms with E-state index in [1.54, 1.807) is 12.1 Å². The summed E-state index contributed by atoms with van der Waals surface area (Å²) >= 11 is 6.04. The molecule has 1 fully saturated rings. The second-order valence-electron chi connectivity index (χ2n) is 6.40. The van der Waals surface area contributed by atoms with Crippen LogP contribution in [0.3, 0.4) is 0 Å². The minimum Gasteiger partial charge on any atom is -0.451 e. The van der Waals surface area contributed by atoms with Gasteiger partial charge >= 0.3 is 0 Å². The molecule has 0 bridgehead atoms. The lowest BCUT2D eigenvalue weighted by atomic mass is 10.1. The molecule has 1 aromatic heterocycles. The second kappa shape index (κ2) is 6.45. The van der Waals surface area contributed by atoms with Crippen molar-refractivity contribution in [2.24, 2.45) is 0 Å². The Morgan fingerprint density at radius 2 is 1.96 bits per heavy atom. The molecule has 4 rings (SSSR count). The van der Waals surface area contributed by atoms with E-state index in [4.69, 9.17) is 16.0 Å². The number of aryl methyl sites for hydroxylation is 1. The number of hydrogen-bond acceptors (Lipinski definition) is 3. The average molecular weight is 355 g/mol. The molecule has 4 nitrogen and oxygen atoms in total. The minimum absolute atomic E-state index is 0.247. The monoisotopic (exact) mass is 354 g/mol. The molecule has 1 amide bonds. The number of amides is 1. The molecule has 1 N–H and O–H groups in total. The van der Waals surface area contributed by atoms with Crippen LogP contribution in [0.2, 0.25) is 5.02 Å². The highest BCUT2D eigenvalue weighted by atomic mass is 35.5. The van der Waals surface area contributed by atoms with Crippen molar-refractivity contribution in [2.75, 3.05) is 23.3 Å². The van der Waals surface area contributed by atoms with Gasteiger partial charge in [0, 0.05) is 40.4 Å². The van der Waals surface area contributed by atoms with Gasteiger partial charge in [0.05, 0.1) is 0 Å². The molecule has 5 heteroatoms. The number of nitrogens with one attached hydrogen (secondary N) is 1. The lowest BCUT2D eigenvalue weighted by Crippen LogP contribution is -2.18. The summed E-state index contributed by atoms with van der Waals surface area (Å²) in [6.45, 7) is 4.01. The van der Waals surface area contributed by atoms with E-state index in [0.717, 1.165) is 35.4 Å². The Labute approximate surface area is 151 Å². The van der Waals surface area contributed by atoms with E-state index in [2.05, 4.69) is 16.3 Å². The maximum atomic E-state index is 12.7. The molecule has 1 aliphatic rings. The Balaban J connectivity index is 1.60. The fraction of sp³-hybridized carbons (Fsp3) is 0.250. The summed E-state index contributed by atoms with van der Waals surface area (Å²) < 4.78 is 5.74. The third-order valence-electron chi connectivity index (χ3n) is 4.68. The molecular formula is C20H19ClN2O2. The van der Waals surface area contributed by atoms with Crippen LogP contribution in [0.4, 0.5) is 11.4 Å². The fourth-order valence-electron chi connectivity index (χ4n) is 3.35. The Hall–Kier alpha value is -2.46. The molecule has 128 valence electrons. The van der Waals surface area contributed by atoms with Crippen LogP contribution in [0.1, 0.15) is 29.0 Å². The number of furan rings is 1. The average Bonchev–Trinajstić information content (AvgIpc) is 3.24. The van der Waals surface area contributed by atoms with Gasteiger partial charge in [0.25, 0.3) is 5.91 Å². The SMILES string of the molecule is Cc1c(C(=O)Nc2cccc(N3CCCC3)c2)oc2ccc(Cl)cc12. The highest BCUT2D eigenvalue weighted by Crippen LogP contribution is 2.29. The van der Waals surface area contributed by atoms with Crippen LogP contribution in [0.25, 0.3) is 11.0 Å². The highest BCUT2D eigenvalue weighted by molar-refractivity contribution is 6.31. The van der Waals surface area contributed by atoms with Crippen LogP contribution in [0, 0.1) is 6.92 Å². The van der Waals surface area contributed by atoms with Crippen molar-refractivity contribution in [3.05, 3.63) is 58.8 Å². The molecule has 3 aromatic rings. The molecule has 0 unspecified atom stereocenters. The number of carbonyl (C=O) groups is 1. The Bertz CT molecular complexity index is 942. The first-order valence-electron chi connectivity index (χ1n) is 8.47. The van der Waals surface area contributed by atoms with Crippen molar-refractivity contribution in [1.82, 2.24) is 0 Å². The molecule has 2 heterocycles. The topological polar surface area (TPSA) is 45.5 Å². The summed E-state index contributed by atoms with van der Waals surface area (Å²) in [5, 5.41) is 4.44. The van der Waals surface area contributed by atoms with Gasteiger partial charge in [0.1, 0.15) is 5.58 Å². The summed E-state index contributed by atoms with van der Waals surface area (Å²) in [5.41, 5.74) is 3.37. The van der Waals surface area contributed by atoms with Crippen molar-refractivity contribution in [1.29, 1.82) is 0 Å². The number of nitrogens with zero attached hydrogens (tertiary/aromatic N) is 1. The molecule has 0 saturated carbocycles. The smallest absolute Gasteiger partial charge is 0.291 e. The number of carbonyl (C=O) groups excluding carboxylic acids is 1. The van der Waals surface area contributed by atoms with Crippen LogP contribution in [-0.4, -0.2) is 19.0 Å². The first kappa shape index (κ1) is 16.0. The number of hydrogen-bond donors (Lipinski definition) is 1. The predicted molar refractivity (Wildman–Crippen MR) is 102 cm³/mol. The Morgan fingerprint density at radius 3 is 2.76 bits per heavy atom. The molecule has 1 saturated heterocycles. The van der Waals surface area contributed by atoms with Gasteiger partial charge in [-0.15, -0.1) is 0 Å². The van der Waals surface area contributed by atoms with E-state index in [1.807, 2.05) is 31.2 Å². The van der Waals surface area contributed by atoms with Crippen molar-refractivity contribution in [3.63, 3.8) is 0 Å². The first-order chi connectivity index (χ1) is 12.1. The van der Waals surface area contributed by atoms with E-state index >= 15 is 0 Å². The molecule has 0 spiro atoms. The lowest BCUT2D eigenvalue weighted by Gasteiger charge is -2.18. The molecular weight excluding hydrogens is 336 g/mol. The third-order valence-corrected chi connectivity index (χ3v) is 4.91. The summed E-state index contributed by atoms with van der Waals surface area (Å²) in [7, 11) is 0. The zero-order valence-electron chi connectivity index (χ0n) is 14.0. The Kier molecular flexibility index (Phi) is 4.14. The zero-order valence-corrected chi connectivity index (χ0v) is 14.8. The van der Waals surface area contributed by atoms with Gasteiger partial charge in [0.15, 0.2) is 5.76 Å². The Morgan fingerprint density at radius 1 is 1.16 bits per heavy atom.